The molecule has 3 heterocycles. The molecule has 0 radical (unpaired) electrons. The quantitative estimate of drug-likeness (QED) is 0.0241. The number of carboxylic acids is 1. The highest BCUT2D eigenvalue weighted by atomic mass is 32.1. The molecule has 400 valence electrons. The maximum Gasteiger partial charge on any atom is 0.346 e. The van der Waals surface area contributed by atoms with E-state index in [1.165, 1.54) is 117 Å². The monoisotopic (exact) mass is 1060 g/mol. The number of aromatic nitrogens is 2. The van der Waals surface area contributed by atoms with Crippen LogP contribution < -0.4 is 14.4 Å². The Labute approximate surface area is 461 Å². The fourth-order valence-electron chi connectivity index (χ4n) is 9.83. The number of aryl methyl sites for hydroxylation is 2. The molecule has 0 aliphatic rings. The van der Waals surface area contributed by atoms with Gasteiger partial charge in [0.25, 0.3) is 0 Å². The van der Waals surface area contributed by atoms with Gasteiger partial charge in [-0.25, -0.2) is 4.79 Å². The number of thiophene rings is 2. The number of nitrogens with zero attached hydrogens (tertiary/aromatic N) is 4. The molecular weight excluding hydrogens is 977 g/mol. The van der Waals surface area contributed by atoms with Crippen LogP contribution in [-0.2, 0) is 17.6 Å². The van der Waals surface area contributed by atoms with Crippen LogP contribution >= 0.6 is 22.7 Å². The number of carbonyl (C=O) groups is 1. The second kappa shape index (κ2) is 31.1. The molecule has 4 aromatic carbocycles. The number of ether oxygens (including phenoxy) is 2. The molecule has 10 heteroatoms. The van der Waals surface area contributed by atoms with Gasteiger partial charge in [0.2, 0.25) is 0 Å². The van der Waals surface area contributed by atoms with E-state index < -0.39 is 5.97 Å². The maximum absolute atomic E-state index is 11.9. The van der Waals surface area contributed by atoms with Crippen molar-refractivity contribution < 1.29 is 19.4 Å². The van der Waals surface area contributed by atoms with Crippen molar-refractivity contribution in [1.82, 2.24) is 9.97 Å². The topological polar surface area (TPSA) is 109 Å². The predicted octanol–water partition coefficient (Wildman–Crippen LogP) is 19.9. The van der Waals surface area contributed by atoms with E-state index >= 15 is 0 Å². The summed E-state index contributed by atoms with van der Waals surface area (Å²) in [6, 6.07) is 36.8. The number of nitriles is 1. The van der Waals surface area contributed by atoms with Crippen LogP contribution in [0.2, 0.25) is 0 Å². The molecule has 7 aromatic rings. The molecule has 0 bridgehead atoms. The van der Waals surface area contributed by atoms with E-state index in [-0.39, 0.29) is 5.57 Å². The Hall–Kier alpha value is -6.28. The highest BCUT2D eigenvalue weighted by Gasteiger charge is 2.21. The van der Waals surface area contributed by atoms with Crippen molar-refractivity contribution in [2.75, 3.05) is 18.1 Å². The van der Waals surface area contributed by atoms with Crippen LogP contribution in [0.4, 0.5) is 17.1 Å². The van der Waals surface area contributed by atoms with Gasteiger partial charge in [-0.05, 0) is 134 Å². The van der Waals surface area contributed by atoms with Crippen LogP contribution in [0.3, 0.4) is 0 Å². The Balaban J connectivity index is 1.19. The van der Waals surface area contributed by atoms with Crippen LogP contribution in [0, 0.1) is 11.3 Å². The molecule has 3 aromatic heterocycles. The highest BCUT2D eigenvalue weighted by molar-refractivity contribution is 7.19. The minimum Gasteiger partial charge on any atom is -0.494 e. The number of rotatable bonds is 34. The van der Waals surface area contributed by atoms with Crippen LogP contribution in [0.1, 0.15) is 172 Å². The summed E-state index contributed by atoms with van der Waals surface area (Å²) in [7, 11) is 0. The molecule has 0 atom stereocenters. The van der Waals surface area contributed by atoms with E-state index in [0.29, 0.717) is 0 Å². The minimum atomic E-state index is -1.22. The zero-order valence-electron chi connectivity index (χ0n) is 45.7. The lowest BCUT2D eigenvalue weighted by Gasteiger charge is -2.26. The van der Waals surface area contributed by atoms with E-state index in [1.807, 2.05) is 17.4 Å². The van der Waals surface area contributed by atoms with Crippen molar-refractivity contribution in [2.45, 2.75) is 169 Å². The van der Waals surface area contributed by atoms with Crippen LogP contribution in [0.15, 0.2) is 115 Å². The van der Waals surface area contributed by atoms with Gasteiger partial charge in [-0.1, -0.05) is 155 Å². The average Bonchev–Trinajstić information content (AvgIpc) is 4.07. The molecule has 0 aliphatic heterocycles. The number of unbranched alkanes of at least 4 members (excludes halogenated alkanes) is 16. The number of benzene rings is 4. The summed E-state index contributed by atoms with van der Waals surface area (Å²) in [5.41, 5.74) is 10.1. The van der Waals surface area contributed by atoms with Gasteiger partial charge in [0, 0.05) is 60.1 Å². The van der Waals surface area contributed by atoms with E-state index in [1.54, 1.807) is 12.4 Å². The normalized spacial score (nSPS) is 11.5. The first-order valence-electron chi connectivity index (χ1n) is 28.6. The third-order valence-corrected chi connectivity index (χ3v) is 16.6. The van der Waals surface area contributed by atoms with Gasteiger partial charge in [-0.15, -0.1) is 22.7 Å². The van der Waals surface area contributed by atoms with Gasteiger partial charge in [0.15, 0.2) is 0 Å². The Morgan fingerprint density at radius 3 is 1.45 bits per heavy atom. The zero-order valence-corrected chi connectivity index (χ0v) is 47.4. The van der Waals surface area contributed by atoms with Crippen molar-refractivity contribution in [3.05, 3.63) is 131 Å². The first kappa shape index (κ1) is 57.4. The summed E-state index contributed by atoms with van der Waals surface area (Å²) < 4.78 is 12.5. The van der Waals surface area contributed by atoms with E-state index in [4.69, 9.17) is 19.4 Å². The Morgan fingerprint density at radius 2 is 0.974 bits per heavy atom. The minimum absolute atomic E-state index is 0.266. The summed E-state index contributed by atoms with van der Waals surface area (Å²) >= 11 is 3.33. The van der Waals surface area contributed by atoms with Crippen LogP contribution in [-0.4, -0.2) is 34.3 Å². The standard InChI is InChI=1S/C66H80N4O4S2/c1-5-9-13-17-19-23-43-73-56-35-31-54(32-36-56)70(55-33-37-57(38-34-55)74-44-24-20-18-14-10-6-2)53-29-27-49(28-30-53)65-51(26-22-16-12-8-4)46-62(76-65)59-40-39-58(63-64(59)69-42-41-68-63)61-45-50(25-21-15-11-7-3)60(75-61)47-52(48-67)66(71)72/h27-42,45-47H,5-26,43-44H2,1-4H3,(H,71,72)/b52-47+. The van der Waals surface area contributed by atoms with Crippen molar-refractivity contribution in [2.24, 2.45) is 0 Å². The van der Waals surface area contributed by atoms with Crippen molar-refractivity contribution in [3.63, 3.8) is 0 Å². The molecule has 0 fully saturated rings. The van der Waals surface area contributed by atoms with Gasteiger partial charge >= 0.3 is 5.97 Å². The van der Waals surface area contributed by atoms with Gasteiger partial charge in [0.05, 0.1) is 24.2 Å². The second-order valence-electron chi connectivity index (χ2n) is 20.1. The molecule has 7 rings (SSSR count). The summed E-state index contributed by atoms with van der Waals surface area (Å²) in [4.78, 5) is 28.4. The lowest BCUT2D eigenvalue weighted by molar-refractivity contribution is -0.132. The number of fused-ring (bicyclic) bond motifs is 1. The van der Waals surface area contributed by atoms with Crippen molar-refractivity contribution in [1.29, 1.82) is 5.26 Å². The van der Waals surface area contributed by atoms with Gasteiger partial charge in [0.1, 0.15) is 23.1 Å². The summed E-state index contributed by atoms with van der Waals surface area (Å²) in [6.45, 7) is 10.4. The Morgan fingerprint density at radius 1 is 0.553 bits per heavy atom. The zero-order chi connectivity index (χ0) is 53.3. The molecule has 0 saturated carbocycles. The average molecular weight is 1060 g/mol. The highest BCUT2D eigenvalue weighted by Crippen LogP contribution is 2.45. The molecule has 0 amide bonds. The lowest BCUT2D eigenvalue weighted by atomic mass is 10.0. The Kier molecular flexibility index (Phi) is 23.5. The molecular formula is C66H80N4O4S2. The molecule has 0 unspecified atom stereocenters. The summed E-state index contributed by atoms with van der Waals surface area (Å²) in [5.74, 6) is 0.565. The Bertz CT molecular complexity index is 2870. The lowest BCUT2D eigenvalue weighted by Crippen LogP contribution is -2.10. The van der Waals surface area contributed by atoms with E-state index in [2.05, 4.69) is 130 Å². The number of anilines is 3. The smallest absolute Gasteiger partial charge is 0.346 e. The third-order valence-electron chi connectivity index (χ3n) is 14.1. The fourth-order valence-corrected chi connectivity index (χ4v) is 12.3. The number of aliphatic carboxylic acids is 1. The van der Waals surface area contributed by atoms with Gasteiger partial charge in [-0.3, -0.25) is 9.97 Å². The molecule has 1 N–H and O–H groups in total. The number of carboxylic acid groups (broad SMARTS) is 1. The van der Waals surface area contributed by atoms with Gasteiger partial charge in [-0.2, -0.15) is 5.26 Å². The maximum atomic E-state index is 11.9. The van der Waals surface area contributed by atoms with Crippen LogP contribution in [0.25, 0.3) is 48.4 Å². The fraction of sp³-hybridized carbons (Fsp3) is 0.424. The van der Waals surface area contributed by atoms with Crippen LogP contribution in [0.5, 0.6) is 11.5 Å². The first-order valence-corrected chi connectivity index (χ1v) is 30.2. The van der Waals surface area contributed by atoms with Crippen molar-refractivity contribution >= 4 is 62.8 Å². The SMILES string of the molecule is CCCCCCCCOc1ccc(N(c2ccc(OCCCCCCCC)cc2)c2ccc(-c3sc(-c4ccc(-c5cc(CCCCCC)c(/C=C(\C#N)C(=O)O)s5)c5nccnc45)cc3CCCCCC)cc2)cc1. The number of hydrogen-bond acceptors (Lipinski definition) is 9. The second-order valence-corrected chi connectivity index (χ2v) is 22.2. The number of hydrogen-bond donors (Lipinski definition) is 1. The molecule has 0 saturated heterocycles. The summed E-state index contributed by atoms with van der Waals surface area (Å²) in [5, 5.41) is 19.4. The summed E-state index contributed by atoms with van der Waals surface area (Å²) in [6.07, 6.45) is 30.7. The molecule has 76 heavy (non-hydrogen) atoms. The van der Waals surface area contributed by atoms with E-state index in [9.17, 15) is 15.2 Å². The molecule has 0 spiro atoms. The molecule has 0 aliphatic carbocycles. The molecule has 8 nitrogen and oxygen atoms in total. The van der Waals surface area contributed by atoms with Gasteiger partial charge < -0.3 is 19.5 Å². The van der Waals surface area contributed by atoms with Crippen molar-refractivity contribution in [3.8, 4) is 48.9 Å². The third kappa shape index (κ3) is 16.4. The largest absolute Gasteiger partial charge is 0.494 e. The first-order chi connectivity index (χ1) is 37.3. The predicted molar refractivity (Wildman–Crippen MR) is 321 cm³/mol. The van der Waals surface area contributed by atoms with E-state index in [0.717, 1.165) is 142 Å².